The third-order valence-corrected chi connectivity index (χ3v) is 3.24. The van der Waals surface area contributed by atoms with Gasteiger partial charge in [0.05, 0.1) is 11.7 Å². The van der Waals surface area contributed by atoms with E-state index in [1.807, 2.05) is 6.92 Å². The third kappa shape index (κ3) is 0.798. The van der Waals surface area contributed by atoms with E-state index in [0.29, 0.717) is 6.10 Å². The molecule has 3 atom stereocenters. The minimum absolute atomic E-state index is 0.137. The minimum atomic E-state index is -0.548. The van der Waals surface area contributed by atoms with Gasteiger partial charge in [-0.05, 0) is 26.2 Å². The molecule has 0 unspecified atom stereocenters. The lowest BCUT2D eigenvalue weighted by atomic mass is 9.88. The smallest absolute Gasteiger partial charge is 0.123 e. The van der Waals surface area contributed by atoms with Crippen LogP contribution in [0.2, 0.25) is 0 Å². The summed E-state index contributed by atoms with van der Waals surface area (Å²) >= 11 is 0. The van der Waals surface area contributed by atoms with Crippen LogP contribution in [0.5, 0.6) is 0 Å². The third-order valence-electron chi connectivity index (χ3n) is 3.24. The fourth-order valence-electron chi connectivity index (χ4n) is 2.47. The first-order chi connectivity index (χ1) is 5.12. The maximum absolute atomic E-state index is 9.96. The zero-order valence-electron chi connectivity index (χ0n) is 7.26. The molecule has 1 heterocycles. The van der Waals surface area contributed by atoms with Crippen LogP contribution in [0.3, 0.4) is 0 Å². The summed E-state index contributed by atoms with van der Waals surface area (Å²) in [7, 11) is 0. The van der Waals surface area contributed by atoms with Gasteiger partial charge in [0, 0.05) is 0 Å². The van der Waals surface area contributed by atoms with E-state index < -0.39 is 5.60 Å². The molecule has 11 heavy (non-hydrogen) atoms. The molecule has 0 aromatic rings. The summed E-state index contributed by atoms with van der Waals surface area (Å²) in [6.07, 6.45) is 4.46. The number of hydrogen-bond donors (Lipinski definition) is 1. The SMILES string of the molecule is CCC[C@@]12O[C@@H]1CC[C@]2(C)O. The Kier molecular flexibility index (Phi) is 1.37. The predicted molar refractivity (Wildman–Crippen MR) is 42.4 cm³/mol. The highest BCUT2D eigenvalue weighted by molar-refractivity contribution is 5.19. The summed E-state index contributed by atoms with van der Waals surface area (Å²) in [5, 5.41) is 9.96. The molecular formula is C9H16O2. The van der Waals surface area contributed by atoms with E-state index in [4.69, 9.17) is 4.74 Å². The molecule has 2 heteroatoms. The van der Waals surface area contributed by atoms with Gasteiger partial charge in [0.25, 0.3) is 0 Å². The number of epoxide rings is 1. The van der Waals surface area contributed by atoms with E-state index in [0.717, 1.165) is 25.7 Å². The van der Waals surface area contributed by atoms with Crippen molar-refractivity contribution in [2.45, 2.75) is 56.8 Å². The van der Waals surface area contributed by atoms with Crippen molar-refractivity contribution in [2.75, 3.05) is 0 Å². The molecule has 0 radical (unpaired) electrons. The van der Waals surface area contributed by atoms with E-state index in [9.17, 15) is 5.11 Å². The van der Waals surface area contributed by atoms with Crippen molar-refractivity contribution in [3.05, 3.63) is 0 Å². The van der Waals surface area contributed by atoms with Crippen molar-refractivity contribution in [3.63, 3.8) is 0 Å². The van der Waals surface area contributed by atoms with Crippen LogP contribution >= 0.6 is 0 Å². The molecule has 2 aliphatic rings. The van der Waals surface area contributed by atoms with Gasteiger partial charge in [-0.2, -0.15) is 0 Å². The highest BCUT2D eigenvalue weighted by atomic mass is 16.6. The fourth-order valence-corrected chi connectivity index (χ4v) is 2.47. The number of ether oxygens (including phenoxy) is 1. The highest BCUT2D eigenvalue weighted by Crippen LogP contribution is 2.58. The van der Waals surface area contributed by atoms with Crippen LogP contribution in [0.15, 0.2) is 0 Å². The van der Waals surface area contributed by atoms with Crippen molar-refractivity contribution in [1.82, 2.24) is 0 Å². The van der Waals surface area contributed by atoms with E-state index >= 15 is 0 Å². The van der Waals surface area contributed by atoms with Gasteiger partial charge in [0.2, 0.25) is 0 Å². The second kappa shape index (κ2) is 1.99. The van der Waals surface area contributed by atoms with Gasteiger partial charge < -0.3 is 9.84 Å². The molecule has 64 valence electrons. The maximum Gasteiger partial charge on any atom is 0.123 e. The predicted octanol–water partition coefficient (Wildman–Crippen LogP) is 1.47. The van der Waals surface area contributed by atoms with Gasteiger partial charge >= 0.3 is 0 Å². The topological polar surface area (TPSA) is 32.8 Å². The first-order valence-electron chi connectivity index (χ1n) is 4.52. The van der Waals surface area contributed by atoms with Crippen LogP contribution in [0, 0.1) is 0 Å². The average molecular weight is 156 g/mol. The van der Waals surface area contributed by atoms with E-state index in [1.54, 1.807) is 0 Å². The molecule has 0 aromatic carbocycles. The Morgan fingerprint density at radius 3 is 2.73 bits per heavy atom. The molecule has 0 spiro atoms. The number of hydrogen-bond acceptors (Lipinski definition) is 2. The molecule has 0 amide bonds. The minimum Gasteiger partial charge on any atom is -0.387 e. The highest BCUT2D eigenvalue weighted by Gasteiger charge is 2.69. The van der Waals surface area contributed by atoms with Crippen LogP contribution in [-0.2, 0) is 4.74 Å². The van der Waals surface area contributed by atoms with Crippen LogP contribution in [0.25, 0.3) is 0 Å². The second-order valence-corrected chi connectivity index (χ2v) is 4.06. The summed E-state index contributed by atoms with van der Waals surface area (Å²) in [5.41, 5.74) is -0.685. The Labute approximate surface area is 67.6 Å². The van der Waals surface area contributed by atoms with Gasteiger partial charge in [-0.15, -0.1) is 0 Å². The average Bonchev–Trinajstić information content (AvgIpc) is 2.56. The number of rotatable bonds is 2. The van der Waals surface area contributed by atoms with E-state index in [-0.39, 0.29) is 5.60 Å². The molecule has 1 N–H and O–H groups in total. The van der Waals surface area contributed by atoms with Crippen molar-refractivity contribution < 1.29 is 9.84 Å². The Balaban J connectivity index is 2.14. The van der Waals surface area contributed by atoms with Crippen molar-refractivity contribution in [2.24, 2.45) is 0 Å². The van der Waals surface area contributed by atoms with Crippen LogP contribution in [0.4, 0.5) is 0 Å². The van der Waals surface area contributed by atoms with Crippen molar-refractivity contribution in [3.8, 4) is 0 Å². The lowest BCUT2D eigenvalue weighted by Crippen LogP contribution is -2.39. The zero-order chi connectivity index (χ0) is 8.11. The van der Waals surface area contributed by atoms with Gasteiger partial charge in [0.15, 0.2) is 0 Å². The molecule has 1 saturated heterocycles. The number of fused-ring (bicyclic) bond motifs is 1. The molecule has 0 bridgehead atoms. The summed E-state index contributed by atoms with van der Waals surface area (Å²) in [5.74, 6) is 0. The normalized spacial score (nSPS) is 54.3. The van der Waals surface area contributed by atoms with E-state index in [2.05, 4.69) is 6.92 Å². The first kappa shape index (κ1) is 7.56. The molecule has 1 aliphatic heterocycles. The lowest BCUT2D eigenvalue weighted by Gasteiger charge is -2.26. The maximum atomic E-state index is 9.96. The monoisotopic (exact) mass is 156 g/mol. The summed E-state index contributed by atoms with van der Waals surface area (Å²) in [6, 6.07) is 0. The Morgan fingerprint density at radius 2 is 2.36 bits per heavy atom. The van der Waals surface area contributed by atoms with Gasteiger partial charge in [-0.1, -0.05) is 13.3 Å². The van der Waals surface area contributed by atoms with Crippen LogP contribution in [-0.4, -0.2) is 22.4 Å². The lowest BCUT2D eigenvalue weighted by molar-refractivity contribution is -0.0305. The van der Waals surface area contributed by atoms with Crippen molar-refractivity contribution in [1.29, 1.82) is 0 Å². The van der Waals surface area contributed by atoms with Gasteiger partial charge in [0.1, 0.15) is 5.60 Å². The molecule has 2 nitrogen and oxygen atoms in total. The van der Waals surface area contributed by atoms with E-state index in [1.165, 1.54) is 0 Å². The quantitative estimate of drug-likeness (QED) is 0.614. The molecule has 2 rings (SSSR count). The molecule has 1 saturated carbocycles. The van der Waals surface area contributed by atoms with Crippen LogP contribution < -0.4 is 0 Å². The van der Waals surface area contributed by atoms with Gasteiger partial charge in [-0.25, -0.2) is 0 Å². The molecule has 0 aromatic heterocycles. The standard InChI is InChI=1S/C9H16O2/c1-3-5-9-7(11-9)4-6-8(9,2)10/h7,10H,3-6H2,1-2H3/t7-,8+,9-/m1/s1. The first-order valence-corrected chi connectivity index (χ1v) is 4.52. The van der Waals surface area contributed by atoms with Gasteiger partial charge in [-0.3, -0.25) is 0 Å². The van der Waals surface area contributed by atoms with Crippen molar-refractivity contribution >= 4 is 0 Å². The Morgan fingerprint density at radius 1 is 1.64 bits per heavy atom. The molecule has 2 fully saturated rings. The van der Waals surface area contributed by atoms with Crippen LogP contribution in [0.1, 0.15) is 39.5 Å². The Hall–Kier alpha value is -0.0800. The summed E-state index contributed by atoms with van der Waals surface area (Å²) in [6.45, 7) is 4.05. The molecule has 1 aliphatic carbocycles. The fraction of sp³-hybridized carbons (Fsp3) is 1.00. The largest absolute Gasteiger partial charge is 0.387 e. The Bertz CT molecular complexity index is 176. The summed E-state index contributed by atoms with van der Waals surface area (Å²) < 4.78 is 5.55. The molecular weight excluding hydrogens is 140 g/mol. The second-order valence-electron chi connectivity index (χ2n) is 4.06. The summed E-state index contributed by atoms with van der Waals surface area (Å²) in [4.78, 5) is 0. The number of aliphatic hydroxyl groups is 1. The zero-order valence-corrected chi connectivity index (χ0v) is 7.26.